The number of carboxylic acids is 1. The van der Waals surface area contributed by atoms with Gasteiger partial charge in [-0.05, 0) is 30.7 Å². The van der Waals surface area contributed by atoms with E-state index in [1.54, 1.807) is 31.2 Å². The molecular weight excluding hydrogens is 372 g/mol. The number of carboxylic acid groups (broad SMARTS) is 1. The van der Waals surface area contributed by atoms with Gasteiger partial charge >= 0.3 is 5.97 Å². The molecule has 8 heteroatoms. The average Bonchev–Trinajstić information content (AvgIpc) is 3.07. The number of nitro benzene ring substituents is 1. The van der Waals surface area contributed by atoms with Crippen LogP contribution in [0.25, 0.3) is 0 Å². The zero-order chi connectivity index (χ0) is 19.7. The van der Waals surface area contributed by atoms with Crippen molar-refractivity contribution in [2.75, 3.05) is 13.1 Å². The normalized spacial score (nSPS) is 19.1. The van der Waals surface area contributed by atoms with Crippen molar-refractivity contribution in [1.29, 1.82) is 0 Å². The summed E-state index contributed by atoms with van der Waals surface area (Å²) in [5.74, 6) is -2.53. The largest absolute Gasteiger partial charge is 0.481 e. The number of carbonyl (C=O) groups is 2. The highest BCUT2D eigenvalue weighted by Crippen LogP contribution is 2.34. The quantitative estimate of drug-likeness (QED) is 0.638. The SMILES string of the molecule is Cc1ccc(C(=O)N2C[C@@H](C(=O)O)[C@H](c3ccc(Cl)cc3)C2)cc1[N+](=O)[O-]. The highest BCUT2D eigenvalue weighted by molar-refractivity contribution is 6.30. The standard InChI is InChI=1S/C19H17ClN2O5/c1-11-2-3-13(8-17(11)22(26)27)18(23)21-9-15(16(10-21)19(24)25)12-4-6-14(20)7-5-12/h2-8,15-16H,9-10H2,1H3,(H,24,25)/t15-,16+/m0/s1. The van der Waals surface area contributed by atoms with E-state index in [1.807, 2.05) is 0 Å². The Bertz CT molecular complexity index is 913. The van der Waals surface area contributed by atoms with Crippen LogP contribution in [0.5, 0.6) is 0 Å². The number of likely N-dealkylation sites (tertiary alicyclic amines) is 1. The molecule has 1 aliphatic heterocycles. The Morgan fingerprint density at radius 3 is 2.44 bits per heavy atom. The number of rotatable bonds is 4. The van der Waals surface area contributed by atoms with Crippen molar-refractivity contribution in [2.24, 2.45) is 5.92 Å². The molecule has 7 nitrogen and oxygen atoms in total. The number of nitro groups is 1. The first-order valence-corrected chi connectivity index (χ1v) is 8.68. The van der Waals surface area contributed by atoms with Crippen molar-refractivity contribution in [2.45, 2.75) is 12.8 Å². The van der Waals surface area contributed by atoms with Crippen molar-refractivity contribution < 1.29 is 19.6 Å². The van der Waals surface area contributed by atoms with Gasteiger partial charge in [0.15, 0.2) is 0 Å². The summed E-state index contributed by atoms with van der Waals surface area (Å²) in [5.41, 5.74) is 1.29. The van der Waals surface area contributed by atoms with Gasteiger partial charge in [-0.25, -0.2) is 0 Å². The van der Waals surface area contributed by atoms with Gasteiger partial charge in [-0.15, -0.1) is 0 Å². The van der Waals surface area contributed by atoms with Crippen LogP contribution < -0.4 is 0 Å². The molecule has 2 atom stereocenters. The lowest BCUT2D eigenvalue weighted by Crippen LogP contribution is -2.30. The van der Waals surface area contributed by atoms with Crippen LogP contribution in [0.1, 0.15) is 27.4 Å². The van der Waals surface area contributed by atoms with Gasteiger partial charge in [-0.1, -0.05) is 29.8 Å². The monoisotopic (exact) mass is 388 g/mol. The molecule has 0 aromatic heterocycles. The summed E-state index contributed by atoms with van der Waals surface area (Å²) < 4.78 is 0. The summed E-state index contributed by atoms with van der Waals surface area (Å²) in [6, 6.07) is 11.2. The summed E-state index contributed by atoms with van der Waals surface area (Å²) in [5, 5.41) is 21.2. The number of hydrogen-bond acceptors (Lipinski definition) is 4. The lowest BCUT2D eigenvalue weighted by Gasteiger charge is -2.17. The Labute approximate surface area is 160 Å². The van der Waals surface area contributed by atoms with Crippen molar-refractivity contribution in [1.82, 2.24) is 4.90 Å². The Kier molecular flexibility index (Phi) is 5.14. The van der Waals surface area contributed by atoms with Crippen LogP contribution in [0.4, 0.5) is 5.69 Å². The summed E-state index contributed by atoms with van der Waals surface area (Å²) >= 11 is 5.89. The van der Waals surface area contributed by atoms with E-state index >= 15 is 0 Å². The molecule has 1 fully saturated rings. The van der Waals surface area contributed by atoms with E-state index in [0.29, 0.717) is 10.6 Å². The number of aliphatic carboxylic acids is 1. The number of hydrogen-bond donors (Lipinski definition) is 1. The highest BCUT2D eigenvalue weighted by atomic mass is 35.5. The minimum atomic E-state index is -0.986. The number of amides is 1. The molecule has 140 valence electrons. The predicted octanol–water partition coefficient (Wildman–Crippen LogP) is 3.50. The molecule has 3 rings (SSSR count). The van der Waals surface area contributed by atoms with Crippen LogP contribution in [0.15, 0.2) is 42.5 Å². The zero-order valence-corrected chi connectivity index (χ0v) is 15.2. The van der Waals surface area contributed by atoms with Gasteiger partial charge in [0.1, 0.15) is 0 Å². The first-order chi connectivity index (χ1) is 12.8. The molecule has 0 radical (unpaired) electrons. The lowest BCUT2D eigenvalue weighted by molar-refractivity contribution is -0.385. The fraction of sp³-hybridized carbons (Fsp3) is 0.263. The molecule has 1 amide bonds. The van der Waals surface area contributed by atoms with Crippen molar-refractivity contribution >= 4 is 29.2 Å². The second kappa shape index (κ2) is 7.36. The third kappa shape index (κ3) is 3.78. The summed E-state index contributed by atoms with van der Waals surface area (Å²) in [7, 11) is 0. The fourth-order valence-electron chi connectivity index (χ4n) is 3.39. The molecule has 1 saturated heterocycles. The van der Waals surface area contributed by atoms with Crippen molar-refractivity contribution in [3.05, 3.63) is 74.3 Å². The van der Waals surface area contributed by atoms with E-state index in [4.69, 9.17) is 11.6 Å². The molecule has 2 aromatic rings. The maximum Gasteiger partial charge on any atom is 0.308 e. The Morgan fingerprint density at radius 2 is 1.85 bits per heavy atom. The highest BCUT2D eigenvalue weighted by Gasteiger charge is 2.40. The minimum absolute atomic E-state index is 0.0448. The van der Waals surface area contributed by atoms with Gasteiger partial charge in [-0.2, -0.15) is 0 Å². The summed E-state index contributed by atoms with van der Waals surface area (Å²) in [6.45, 7) is 1.86. The molecular formula is C19H17ClN2O5. The van der Waals surface area contributed by atoms with Crippen molar-refractivity contribution in [3.63, 3.8) is 0 Å². The third-order valence-corrected chi connectivity index (χ3v) is 5.13. The third-order valence-electron chi connectivity index (χ3n) is 4.88. The topological polar surface area (TPSA) is 101 Å². The van der Waals surface area contributed by atoms with E-state index in [9.17, 15) is 24.8 Å². The van der Waals surface area contributed by atoms with Gasteiger partial charge in [0, 0.05) is 41.2 Å². The van der Waals surface area contributed by atoms with Crippen LogP contribution in [0.3, 0.4) is 0 Å². The molecule has 0 bridgehead atoms. The average molecular weight is 389 g/mol. The summed E-state index contributed by atoms with van der Waals surface area (Å²) in [6.07, 6.45) is 0. The molecule has 27 heavy (non-hydrogen) atoms. The van der Waals surface area contributed by atoms with Gasteiger partial charge < -0.3 is 10.0 Å². The molecule has 0 aliphatic carbocycles. The molecule has 2 aromatic carbocycles. The minimum Gasteiger partial charge on any atom is -0.481 e. The van der Waals surface area contributed by atoms with Crippen LogP contribution in [0, 0.1) is 23.0 Å². The number of benzene rings is 2. The van der Waals surface area contributed by atoms with E-state index < -0.39 is 22.7 Å². The van der Waals surface area contributed by atoms with Gasteiger partial charge in [0.05, 0.1) is 10.8 Å². The van der Waals surface area contributed by atoms with Gasteiger partial charge in [-0.3, -0.25) is 19.7 Å². The predicted molar refractivity (Wildman–Crippen MR) is 99.1 cm³/mol. The maximum absolute atomic E-state index is 12.8. The van der Waals surface area contributed by atoms with Gasteiger partial charge in [0.2, 0.25) is 0 Å². The number of nitrogens with zero attached hydrogens (tertiary/aromatic N) is 2. The van der Waals surface area contributed by atoms with E-state index in [1.165, 1.54) is 23.1 Å². The van der Waals surface area contributed by atoms with Crippen LogP contribution >= 0.6 is 11.6 Å². The van der Waals surface area contributed by atoms with E-state index in [2.05, 4.69) is 0 Å². The van der Waals surface area contributed by atoms with E-state index in [0.717, 1.165) is 5.56 Å². The van der Waals surface area contributed by atoms with Gasteiger partial charge in [0.25, 0.3) is 11.6 Å². The van der Waals surface area contributed by atoms with Crippen LogP contribution in [-0.2, 0) is 4.79 Å². The second-order valence-electron chi connectivity index (χ2n) is 6.57. The number of carbonyl (C=O) groups excluding carboxylic acids is 1. The first-order valence-electron chi connectivity index (χ1n) is 8.30. The molecule has 0 unspecified atom stereocenters. The van der Waals surface area contributed by atoms with E-state index in [-0.39, 0.29) is 30.3 Å². The Morgan fingerprint density at radius 1 is 1.19 bits per heavy atom. The Hall–Kier alpha value is -2.93. The zero-order valence-electron chi connectivity index (χ0n) is 14.5. The van der Waals surface area contributed by atoms with Crippen LogP contribution in [-0.4, -0.2) is 39.9 Å². The lowest BCUT2D eigenvalue weighted by atomic mass is 9.89. The first kappa shape index (κ1) is 18.8. The molecule has 1 N–H and O–H groups in total. The number of halogens is 1. The van der Waals surface area contributed by atoms with Crippen LogP contribution in [0.2, 0.25) is 5.02 Å². The molecule has 1 aliphatic rings. The smallest absolute Gasteiger partial charge is 0.308 e. The van der Waals surface area contributed by atoms with Crippen molar-refractivity contribution in [3.8, 4) is 0 Å². The maximum atomic E-state index is 12.8. The fourth-order valence-corrected chi connectivity index (χ4v) is 3.52. The second-order valence-corrected chi connectivity index (χ2v) is 7.01. The Balaban J connectivity index is 1.88. The summed E-state index contributed by atoms with van der Waals surface area (Å²) in [4.78, 5) is 36.5. The number of aryl methyl sites for hydroxylation is 1. The molecule has 1 heterocycles. The molecule has 0 spiro atoms. The molecule has 0 saturated carbocycles.